The zero-order valence-corrected chi connectivity index (χ0v) is 8.36. The fourth-order valence-electron chi connectivity index (χ4n) is 1.66. The van der Waals surface area contributed by atoms with Crippen LogP contribution in [0.4, 0.5) is 4.39 Å². The Hall–Kier alpha value is -1.48. The number of fused-ring (bicyclic) bond motifs is 1. The van der Waals surface area contributed by atoms with Gasteiger partial charge in [0.1, 0.15) is 6.17 Å². The van der Waals surface area contributed by atoms with Crippen molar-refractivity contribution in [2.24, 2.45) is 5.73 Å². The van der Waals surface area contributed by atoms with Gasteiger partial charge in [0.15, 0.2) is 0 Å². The molecule has 0 radical (unpaired) electrons. The highest BCUT2D eigenvalue weighted by Gasteiger charge is 2.08. The maximum absolute atomic E-state index is 13.2. The molecule has 1 heterocycles. The van der Waals surface area contributed by atoms with Crippen LogP contribution < -0.4 is 5.73 Å². The molecule has 3 heteroatoms. The van der Waals surface area contributed by atoms with E-state index < -0.39 is 6.17 Å². The van der Waals surface area contributed by atoms with Crippen molar-refractivity contribution in [3.8, 4) is 0 Å². The van der Waals surface area contributed by atoms with E-state index in [-0.39, 0.29) is 6.54 Å². The van der Waals surface area contributed by atoms with E-state index in [0.717, 1.165) is 16.5 Å². The molecular weight excluding hydrogens is 191 g/mol. The molecule has 0 saturated carbocycles. The van der Waals surface area contributed by atoms with E-state index in [1.807, 2.05) is 30.3 Å². The highest BCUT2D eigenvalue weighted by Crippen LogP contribution is 2.18. The number of benzene rings is 1. The fraction of sp³-hybridized carbons (Fsp3) is 0.250. The van der Waals surface area contributed by atoms with Crippen LogP contribution in [0.25, 0.3) is 10.9 Å². The number of hydrogen-bond donors (Lipinski definition) is 1. The zero-order chi connectivity index (χ0) is 10.7. The molecule has 2 aromatic rings. The summed E-state index contributed by atoms with van der Waals surface area (Å²) >= 11 is 0. The summed E-state index contributed by atoms with van der Waals surface area (Å²) in [4.78, 5) is 4.22. The molecule has 0 bridgehead atoms. The second kappa shape index (κ2) is 4.36. The maximum atomic E-state index is 13.2. The molecule has 0 amide bonds. The third kappa shape index (κ3) is 2.13. The molecule has 2 N–H and O–H groups in total. The average molecular weight is 204 g/mol. The molecule has 0 aliphatic carbocycles. The van der Waals surface area contributed by atoms with Gasteiger partial charge in [-0.3, -0.25) is 4.98 Å². The van der Waals surface area contributed by atoms with Crippen LogP contribution in [-0.2, 0) is 6.42 Å². The summed E-state index contributed by atoms with van der Waals surface area (Å²) in [6, 6.07) is 9.60. The van der Waals surface area contributed by atoms with E-state index in [2.05, 4.69) is 4.98 Å². The molecule has 2 rings (SSSR count). The second-order valence-corrected chi connectivity index (χ2v) is 3.52. The third-order valence-electron chi connectivity index (χ3n) is 2.44. The lowest BCUT2D eigenvalue weighted by Gasteiger charge is -2.07. The molecule has 0 fully saturated rings. The number of para-hydroxylation sites is 1. The van der Waals surface area contributed by atoms with Crippen LogP contribution in [-0.4, -0.2) is 17.7 Å². The van der Waals surface area contributed by atoms with Gasteiger partial charge in [0.2, 0.25) is 0 Å². The Morgan fingerprint density at radius 2 is 2.07 bits per heavy atom. The Balaban J connectivity index is 2.42. The first-order valence-corrected chi connectivity index (χ1v) is 4.98. The number of pyridine rings is 1. The Bertz CT molecular complexity index is 451. The van der Waals surface area contributed by atoms with Crippen LogP contribution in [0.1, 0.15) is 5.56 Å². The van der Waals surface area contributed by atoms with E-state index in [1.54, 1.807) is 6.20 Å². The van der Waals surface area contributed by atoms with Crippen LogP contribution in [0, 0.1) is 0 Å². The smallest absolute Gasteiger partial charge is 0.116 e. The summed E-state index contributed by atoms with van der Waals surface area (Å²) < 4.78 is 13.2. The van der Waals surface area contributed by atoms with Crippen molar-refractivity contribution in [2.45, 2.75) is 12.6 Å². The molecule has 1 unspecified atom stereocenters. The normalized spacial score (nSPS) is 12.9. The van der Waals surface area contributed by atoms with Crippen LogP contribution in [0.2, 0.25) is 0 Å². The molecule has 0 saturated heterocycles. The molecule has 0 aliphatic rings. The van der Waals surface area contributed by atoms with Gasteiger partial charge in [-0.1, -0.05) is 18.2 Å². The summed E-state index contributed by atoms with van der Waals surface area (Å²) in [6.07, 6.45) is 1.09. The Morgan fingerprint density at radius 3 is 2.87 bits per heavy atom. The standard InChI is InChI=1S/C12H13FN2/c13-10(8-14)7-9-5-6-15-12-4-2-1-3-11(9)12/h1-6,10H,7-8,14H2. The maximum Gasteiger partial charge on any atom is 0.116 e. The van der Waals surface area contributed by atoms with E-state index in [9.17, 15) is 4.39 Å². The van der Waals surface area contributed by atoms with Gasteiger partial charge < -0.3 is 5.73 Å². The summed E-state index contributed by atoms with van der Waals surface area (Å²) in [5, 5.41) is 1.01. The zero-order valence-electron chi connectivity index (χ0n) is 8.36. The fourth-order valence-corrected chi connectivity index (χ4v) is 1.66. The molecule has 0 aliphatic heterocycles. The predicted octanol–water partition coefficient (Wildman–Crippen LogP) is 2.07. The minimum Gasteiger partial charge on any atom is -0.328 e. The van der Waals surface area contributed by atoms with Gasteiger partial charge in [0, 0.05) is 24.5 Å². The number of aromatic nitrogens is 1. The number of alkyl halides is 1. The van der Waals surface area contributed by atoms with Gasteiger partial charge >= 0.3 is 0 Å². The predicted molar refractivity (Wildman–Crippen MR) is 59.4 cm³/mol. The molecule has 1 aromatic heterocycles. The highest BCUT2D eigenvalue weighted by atomic mass is 19.1. The topological polar surface area (TPSA) is 38.9 Å². The Labute approximate surface area is 87.9 Å². The molecule has 2 nitrogen and oxygen atoms in total. The van der Waals surface area contributed by atoms with Crippen molar-refractivity contribution in [1.29, 1.82) is 0 Å². The summed E-state index contributed by atoms with van der Waals surface area (Å²) in [7, 11) is 0. The van der Waals surface area contributed by atoms with Crippen molar-refractivity contribution < 1.29 is 4.39 Å². The van der Waals surface area contributed by atoms with Gasteiger partial charge in [0.05, 0.1) is 5.52 Å². The number of rotatable bonds is 3. The van der Waals surface area contributed by atoms with Crippen molar-refractivity contribution in [2.75, 3.05) is 6.54 Å². The quantitative estimate of drug-likeness (QED) is 0.831. The average Bonchev–Trinajstić information content (AvgIpc) is 2.29. The van der Waals surface area contributed by atoms with Crippen LogP contribution in [0.5, 0.6) is 0 Å². The number of nitrogens with zero attached hydrogens (tertiary/aromatic N) is 1. The number of nitrogens with two attached hydrogens (primary N) is 1. The van der Waals surface area contributed by atoms with Crippen molar-refractivity contribution in [3.05, 3.63) is 42.1 Å². The first kappa shape index (κ1) is 10.1. The molecular formula is C12H13FN2. The van der Waals surface area contributed by atoms with Crippen molar-refractivity contribution in [1.82, 2.24) is 4.98 Å². The molecule has 1 atom stereocenters. The van der Waals surface area contributed by atoms with E-state index in [4.69, 9.17) is 5.73 Å². The molecule has 1 aromatic carbocycles. The highest BCUT2D eigenvalue weighted by molar-refractivity contribution is 5.81. The van der Waals surface area contributed by atoms with Gasteiger partial charge in [-0.05, 0) is 17.7 Å². The Morgan fingerprint density at radius 1 is 1.27 bits per heavy atom. The first-order valence-electron chi connectivity index (χ1n) is 4.98. The Kier molecular flexibility index (Phi) is 2.92. The minimum absolute atomic E-state index is 0.0661. The monoisotopic (exact) mass is 204 g/mol. The van der Waals surface area contributed by atoms with Gasteiger partial charge in [-0.25, -0.2) is 4.39 Å². The third-order valence-corrected chi connectivity index (χ3v) is 2.44. The van der Waals surface area contributed by atoms with Gasteiger partial charge in [-0.15, -0.1) is 0 Å². The largest absolute Gasteiger partial charge is 0.328 e. The van der Waals surface area contributed by atoms with Gasteiger partial charge in [0.25, 0.3) is 0 Å². The van der Waals surface area contributed by atoms with Crippen LogP contribution >= 0.6 is 0 Å². The second-order valence-electron chi connectivity index (χ2n) is 3.52. The summed E-state index contributed by atoms with van der Waals surface area (Å²) in [5.74, 6) is 0. The van der Waals surface area contributed by atoms with Crippen LogP contribution in [0.15, 0.2) is 36.5 Å². The summed E-state index contributed by atoms with van der Waals surface area (Å²) in [5.41, 5.74) is 7.15. The SMILES string of the molecule is NCC(F)Cc1ccnc2ccccc12. The lowest BCUT2D eigenvalue weighted by molar-refractivity contribution is 0.341. The number of halogens is 1. The molecule has 78 valence electrons. The van der Waals surface area contributed by atoms with Crippen molar-refractivity contribution >= 4 is 10.9 Å². The lowest BCUT2D eigenvalue weighted by atomic mass is 10.0. The molecule has 0 spiro atoms. The number of hydrogen-bond acceptors (Lipinski definition) is 2. The van der Waals surface area contributed by atoms with Gasteiger partial charge in [-0.2, -0.15) is 0 Å². The van der Waals surface area contributed by atoms with Crippen LogP contribution in [0.3, 0.4) is 0 Å². The van der Waals surface area contributed by atoms with Crippen molar-refractivity contribution in [3.63, 3.8) is 0 Å². The van der Waals surface area contributed by atoms with E-state index in [0.29, 0.717) is 6.42 Å². The summed E-state index contributed by atoms with van der Waals surface area (Å²) in [6.45, 7) is 0.0661. The van der Waals surface area contributed by atoms with E-state index in [1.165, 1.54) is 0 Å². The lowest BCUT2D eigenvalue weighted by Crippen LogP contribution is -2.17. The first-order chi connectivity index (χ1) is 7.31. The minimum atomic E-state index is -0.976. The molecule has 15 heavy (non-hydrogen) atoms. The van der Waals surface area contributed by atoms with E-state index >= 15 is 0 Å².